The van der Waals surface area contributed by atoms with Crippen molar-refractivity contribution < 1.29 is 14.3 Å². The molecular formula is C24H30N2O3. The molecule has 29 heavy (non-hydrogen) atoms. The lowest BCUT2D eigenvalue weighted by Crippen LogP contribution is -2.18. The first kappa shape index (κ1) is 19.9. The minimum atomic E-state index is -0.112. The maximum absolute atomic E-state index is 11.9. The third-order valence-electron chi connectivity index (χ3n) is 6.21. The van der Waals surface area contributed by atoms with E-state index in [1.54, 1.807) is 6.20 Å². The van der Waals surface area contributed by atoms with Crippen LogP contribution in [0.5, 0.6) is 5.75 Å². The van der Waals surface area contributed by atoms with Crippen LogP contribution in [0.2, 0.25) is 0 Å². The van der Waals surface area contributed by atoms with Gasteiger partial charge in [-0.2, -0.15) is 0 Å². The van der Waals surface area contributed by atoms with Gasteiger partial charge in [-0.1, -0.05) is 19.8 Å². The van der Waals surface area contributed by atoms with Crippen LogP contribution in [0.25, 0.3) is 11.1 Å². The molecule has 0 radical (unpaired) electrons. The second-order valence-electron chi connectivity index (χ2n) is 8.52. The topological polar surface area (TPSA) is 61.3 Å². The molecule has 2 aromatic rings. The van der Waals surface area contributed by atoms with Gasteiger partial charge in [0.2, 0.25) is 0 Å². The second-order valence-corrected chi connectivity index (χ2v) is 8.52. The summed E-state index contributed by atoms with van der Waals surface area (Å²) in [5.41, 5.74) is 3.01. The van der Waals surface area contributed by atoms with Gasteiger partial charge in [-0.15, -0.1) is 0 Å². The lowest BCUT2D eigenvalue weighted by atomic mass is 9.83. The van der Waals surface area contributed by atoms with E-state index in [4.69, 9.17) is 9.47 Å². The van der Waals surface area contributed by atoms with Crippen LogP contribution in [-0.4, -0.2) is 29.2 Å². The van der Waals surface area contributed by atoms with Gasteiger partial charge in [-0.3, -0.25) is 14.8 Å². The number of carbonyl (C=O) groups excluding carboxylic acids is 1. The van der Waals surface area contributed by atoms with E-state index in [0.29, 0.717) is 12.5 Å². The molecule has 0 N–H and O–H groups in total. The van der Waals surface area contributed by atoms with Gasteiger partial charge >= 0.3 is 5.97 Å². The number of aromatic nitrogens is 2. The molecule has 0 unspecified atom stereocenters. The lowest BCUT2D eigenvalue weighted by molar-refractivity contribution is -0.144. The third-order valence-corrected chi connectivity index (χ3v) is 6.21. The predicted molar refractivity (Wildman–Crippen MR) is 112 cm³/mol. The zero-order valence-electron chi connectivity index (χ0n) is 17.3. The van der Waals surface area contributed by atoms with E-state index in [1.807, 2.05) is 31.5 Å². The van der Waals surface area contributed by atoms with Crippen LogP contribution in [0.3, 0.4) is 0 Å². The summed E-state index contributed by atoms with van der Waals surface area (Å²) in [6, 6.07) is 6.09. The molecule has 0 spiro atoms. The minimum Gasteiger partial charge on any atom is -0.492 e. The molecule has 2 atom stereocenters. The average molecular weight is 395 g/mol. The van der Waals surface area contributed by atoms with Crippen molar-refractivity contribution in [2.24, 2.45) is 17.8 Å². The first-order valence-corrected chi connectivity index (χ1v) is 10.8. The molecule has 0 aliphatic heterocycles. The number of carbonyl (C=O) groups is 1. The van der Waals surface area contributed by atoms with Crippen LogP contribution in [0.4, 0.5) is 0 Å². The number of hydrogen-bond acceptors (Lipinski definition) is 5. The number of nitrogens with zero attached hydrogens (tertiary/aromatic N) is 2. The summed E-state index contributed by atoms with van der Waals surface area (Å²) in [6.45, 7) is 5.37. The smallest absolute Gasteiger partial charge is 0.309 e. The number of rotatable bonds is 7. The predicted octanol–water partition coefficient (Wildman–Crippen LogP) is 5.02. The molecule has 5 heteroatoms. The van der Waals surface area contributed by atoms with Gasteiger partial charge in [0, 0.05) is 29.6 Å². The molecule has 0 saturated heterocycles. The summed E-state index contributed by atoms with van der Waals surface area (Å²) in [4.78, 5) is 20.8. The minimum absolute atomic E-state index is 0.0521. The van der Waals surface area contributed by atoms with Crippen molar-refractivity contribution in [1.82, 2.24) is 9.97 Å². The Morgan fingerprint density at radius 2 is 1.97 bits per heavy atom. The molecule has 2 aromatic heterocycles. The first-order valence-electron chi connectivity index (χ1n) is 10.8. The molecule has 2 heterocycles. The first-order chi connectivity index (χ1) is 14.1. The summed E-state index contributed by atoms with van der Waals surface area (Å²) in [5.74, 6) is 2.32. The van der Waals surface area contributed by atoms with Crippen LogP contribution in [0, 0.1) is 17.8 Å². The molecule has 0 amide bonds. The van der Waals surface area contributed by atoms with E-state index in [-0.39, 0.29) is 17.8 Å². The Bertz CT molecular complexity index is 846. The summed E-state index contributed by atoms with van der Waals surface area (Å²) in [6.07, 6.45) is 11.4. The Balaban J connectivity index is 1.40. The van der Waals surface area contributed by atoms with E-state index in [2.05, 4.69) is 23.0 Å². The molecule has 154 valence electrons. The van der Waals surface area contributed by atoms with Crippen molar-refractivity contribution in [1.29, 1.82) is 0 Å². The molecule has 2 saturated carbocycles. The Kier molecular flexibility index (Phi) is 6.12. The zero-order chi connectivity index (χ0) is 20.2. The Morgan fingerprint density at radius 3 is 2.76 bits per heavy atom. The van der Waals surface area contributed by atoms with Crippen molar-refractivity contribution in [2.45, 2.75) is 51.9 Å². The van der Waals surface area contributed by atoms with E-state index in [1.165, 1.54) is 25.7 Å². The van der Waals surface area contributed by atoms with E-state index < -0.39 is 0 Å². The van der Waals surface area contributed by atoms with Gasteiger partial charge in [0.1, 0.15) is 5.75 Å². The van der Waals surface area contributed by atoms with Crippen LogP contribution in [0.1, 0.15) is 57.6 Å². The Labute approximate surface area is 172 Å². The van der Waals surface area contributed by atoms with Crippen molar-refractivity contribution in [2.75, 3.05) is 13.2 Å². The number of ether oxygens (including phenoxy) is 2. The summed E-state index contributed by atoms with van der Waals surface area (Å²) in [7, 11) is 0. The fraction of sp³-hybridized carbons (Fsp3) is 0.542. The van der Waals surface area contributed by atoms with Crippen LogP contribution < -0.4 is 4.74 Å². The van der Waals surface area contributed by atoms with E-state index in [9.17, 15) is 4.79 Å². The van der Waals surface area contributed by atoms with Gasteiger partial charge in [-0.25, -0.2) is 0 Å². The molecular weight excluding hydrogens is 364 g/mol. The molecule has 5 nitrogen and oxygen atoms in total. The molecule has 0 bridgehead atoms. The normalized spacial score (nSPS) is 26.0. The monoisotopic (exact) mass is 394 g/mol. The van der Waals surface area contributed by atoms with Crippen LogP contribution >= 0.6 is 0 Å². The standard InChI is InChI=1S/C24H30N2O3/c1-3-28-24(27)22-12-21(22)23-11-18(8-9-26-23)19-10-20(14-25-13-19)29-15-17-6-4-16(2)5-7-17/h8-11,13-14,16-17,21-22H,3-7,12,15H2,1-2H3/t16?,17?,21-,22-/m0/s1. The SMILES string of the molecule is CCOC(=O)[C@H]1C[C@@H]1c1cc(-c2cncc(OCC3CCC(C)CC3)c2)ccn1. The second kappa shape index (κ2) is 8.93. The zero-order valence-corrected chi connectivity index (χ0v) is 17.3. The molecule has 0 aromatic carbocycles. The van der Waals surface area contributed by atoms with Crippen molar-refractivity contribution in [3.8, 4) is 16.9 Å². The molecule has 2 aliphatic rings. The average Bonchev–Trinajstić information content (AvgIpc) is 3.55. The third kappa shape index (κ3) is 4.95. The summed E-state index contributed by atoms with van der Waals surface area (Å²) in [5, 5.41) is 0. The van der Waals surface area contributed by atoms with E-state index >= 15 is 0 Å². The van der Waals surface area contributed by atoms with E-state index in [0.717, 1.165) is 41.5 Å². The highest BCUT2D eigenvalue weighted by atomic mass is 16.5. The van der Waals surface area contributed by atoms with Crippen molar-refractivity contribution in [3.63, 3.8) is 0 Å². The van der Waals surface area contributed by atoms with Crippen LogP contribution in [0.15, 0.2) is 36.8 Å². The lowest BCUT2D eigenvalue weighted by Gasteiger charge is -2.26. The van der Waals surface area contributed by atoms with Crippen LogP contribution in [-0.2, 0) is 9.53 Å². The highest BCUT2D eigenvalue weighted by Crippen LogP contribution is 2.48. The largest absolute Gasteiger partial charge is 0.492 e. The quantitative estimate of drug-likeness (QED) is 0.618. The maximum Gasteiger partial charge on any atom is 0.309 e. The maximum atomic E-state index is 11.9. The summed E-state index contributed by atoms with van der Waals surface area (Å²) < 4.78 is 11.2. The molecule has 4 rings (SSSR count). The summed E-state index contributed by atoms with van der Waals surface area (Å²) >= 11 is 0. The Morgan fingerprint density at radius 1 is 1.14 bits per heavy atom. The number of pyridine rings is 2. The van der Waals surface area contributed by atoms with Gasteiger partial charge < -0.3 is 9.47 Å². The Hall–Kier alpha value is -2.43. The van der Waals surface area contributed by atoms with Gasteiger partial charge in [0.15, 0.2) is 0 Å². The number of esters is 1. The van der Waals surface area contributed by atoms with Gasteiger partial charge in [0.05, 0.1) is 25.3 Å². The van der Waals surface area contributed by atoms with Crippen molar-refractivity contribution >= 4 is 5.97 Å². The van der Waals surface area contributed by atoms with Crippen molar-refractivity contribution in [3.05, 3.63) is 42.5 Å². The molecule has 2 aliphatic carbocycles. The van der Waals surface area contributed by atoms with Gasteiger partial charge in [0.25, 0.3) is 0 Å². The highest BCUT2D eigenvalue weighted by molar-refractivity contribution is 5.77. The highest BCUT2D eigenvalue weighted by Gasteiger charge is 2.46. The number of hydrogen-bond donors (Lipinski definition) is 0. The fourth-order valence-corrected chi connectivity index (χ4v) is 4.23. The fourth-order valence-electron chi connectivity index (χ4n) is 4.23. The molecule has 2 fully saturated rings. The van der Waals surface area contributed by atoms with Gasteiger partial charge in [-0.05, 0) is 61.8 Å².